The fourth-order valence-corrected chi connectivity index (χ4v) is 3.31. The number of thioether (sulfide) groups is 1. The van der Waals surface area contributed by atoms with Gasteiger partial charge in [-0.05, 0) is 36.4 Å². The van der Waals surface area contributed by atoms with E-state index in [2.05, 4.69) is 27.9 Å². The Morgan fingerprint density at radius 1 is 1.27 bits per heavy atom. The molecule has 2 aromatic heterocycles. The molecule has 0 atom stereocenters. The van der Waals surface area contributed by atoms with Crippen LogP contribution in [0.3, 0.4) is 0 Å². The second-order valence-corrected chi connectivity index (χ2v) is 6.41. The first kappa shape index (κ1) is 15.5. The van der Waals surface area contributed by atoms with Gasteiger partial charge in [0.25, 0.3) is 0 Å². The second-order valence-electron chi connectivity index (χ2n) is 4.44. The molecule has 0 aliphatic rings. The van der Waals surface area contributed by atoms with E-state index in [9.17, 15) is 0 Å². The molecule has 8 heteroatoms. The Morgan fingerprint density at radius 3 is 2.77 bits per heavy atom. The van der Waals surface area contributed by atoms with Crippen LogP contribution in [0.5, 0.6) is 0 Å². The Balaban J connectivity index is 2.01. The van der Waals surface area contributed by atoms with E-state index in [1.54, 1.807) is 22.8 Å². The van der Waals surface area contributed by atoms with Gasteiger partial charge in [0.05, 0.1) is 0 Å². The molecule has 0 radical (unpaired) electrons. The van der Waals surface area contributed by atoms with Crippen LogP contribution in [0.15, 0.2) is 46.5 Å². The summed E-state index contributed by atoms with van der Waals surface area (Å²) >= 11 is 11.8. The maximum absolute atomic E-state index is 5.94. The third kappa shape index (κ3) is 3.31. The molecule has 114 valence electrons. The summed E-state index contributed by atoms with van der Waals surface area (Å²) in [6.45, 7) is 0. The molecule has 1 aromatic carbocycles. The van der Waals surface area contributed by atoms with Crippen molar-refractivity contribution in [3.8, 4) is 17.0 Å². The summed E-state index contributed by atoms with van der Waals surface area (Å²) < 4.78 is 7.22. The van der Waals surface area contributed by atoms with E-state index in [-0.39, 0.29) is 0 Å². The minimum atomic E-state index is 0.649. The van der Waals surface area contributed by atoms with Gasteiger partial charge in [-0.25, -0.2) is 9.67 Å². The van der Waals surface area contributed by atoms with Crippen molar-refractivity contribution in [2.24, 2.45) is 0 Å². The van der Waals surface area contributed by atoms with E-state index in [0.29, 0.717) is 10.8 Å². The SMILES string of the molecule is SCCCSc1noc(-c2ccc(Cl)cc2)c1-n1cncn1. The third-order valence-corrected chi connectivity index (χ3v) is 4.54. The van der Waals surface area contributed by atoms with Gasteiger partial charge in [-0.2, -0.15) is 17.7 Å². The third-order valence-electron chi connectivity index (χ3n) is 2.93. The number of thiol groups is 1. The van der Waals surface area contributed by atoms with E-state index in [1.807, 2.05) is 24.3 Å². The Labute approximate surface area is 142 Å². The van der Waals surface area contributed by atoms with E-state index < -0.39 is 0 Å². The molecule has 0 amide bonds. The zero-order valence-corrected chi connectivity index (χ0v) is 14.0. The van der Waals surface area contributed by atoms with Crippen LogP contribution in [0.25, 0.3) is 17.0 Å². The summed E-state index contributed by atoms with van der Waals surface area (Å²) in [5.74, 6) is 2.40. The van der Waals surface area contributed by atoms with Crippen molar-refractivity contribution in [3.05, 3.63) is 41.9 Å². The first-order valence-corrected chi connectivity index (χ1v) is 8.63. The molecule has 0 aliphatic heterocycles. The van der Waals surface area contributed by atoms with E-state index >= 15 is 0 Å². The lowest BCUT2D eigenvalue weighted by Crippen LogP contribution is -1.97. The van der Waals surface area contributed by atoms with E-state index in [0.717, 1.165) is 34.2 Å². The standard InChI is InChI=1S/C14H13ClN4OS2/c15-11-4-2-10(3-5-11)13-12(19-9-16-8-17-19)14(18-20-13)22-7-1-6-21/h2-5,8-9,21H,1,6-7H2. The highest BCUT2D eigenvalue weighted by Gasteiger charge is 2.20. The summed E-state index contributed by atoms with van der Waals surface area (Å²) in [7, 11) is 0. The molecule has 2 heterocycles. The molecule has 0 N–H and O–H groups in total. The van der Waals surface area contributed by atoms with Gasteiger partial charge >= 0.3 is 0 Å². The molecule has 5 nitrogen and oxygen atoms in total. The molecule has 3 aromatic rings. The summed E-state index contributed by atoms with van der Waals surface area (Å²) in [6.07, 6.45) is 4.11. The molecule has 0 unspecified atom stereocenters. The van der Waals surface area contributed by atoms with Crippen molar-refractivity contribution in [2.75, 3.05) is 11.5 Å². The predicted molar refractivity (Wildman–Crippen MR) is 91.1 cm³/mol. The smallest absolute Gasteiger partial charge is 0.193 e. The van der Waals surface area contributed by atoms with Crippen molar-refractivity contribution in [3.63, 3.8) is 0 Å². The van der Waals surface area contributed by atoms with Crippen LogP contribution in [0.2, 0.25) is 5.02 Å². The average molecular weight is 353 g/mol. The van der Waals surface area contributed by atoms with Crippen LogP contribution in [-0.2, 0) is 0 Å². The van der Waals surface area contributed by atoms with Crippen molar-refractivity contribution in [2.45, 2.75) is 11.4 Å². The average Bonchev–Trinajstić information content (AvgIpc) is 3.17. The van der Waals surface area contributed by atoms with Gasteiger partial charge in [-0.3, -0.25) is 0 Å². The number of rotatable bonds is 6. The number of aromatic nitrogens is 4. The lowest BCUT2D eigenvalue weighted by atomic mass is 10.1. The minimum absolute atomic E-state index is 0.649. The van der Waals surface area contributed by atoms with Crippen LogP contribution >= 0.6 is 36.0 Å². The van der Waals surface area contributed by atoms with Crippen LogP contribution in [0.1, 0.15) is 6.42 Å². The lowest BCUT2D eigenvalue weighted by molar-refractivity contribution is 0.415. The van der Waals surface area contributed by atoms with Crippen LogP contribution in [0, 0.1) is 0 Å². The maximum Gasteiger partial charge on any atom is 0.193 e. The van der Waals surface area contributed by atoms with Gasteiger partial charge in [0.2, 0.25) is 0 Å². The Morgan fingerprint density at radius 2 is 2.09 bits per heavy atom. The number of halogens is 1. The Bertz CT molecular complexity index is 728. The highest BCUT2D eigenvalue weighted by Crippen LogP contribution is 2.35. The molecule has 3 rings (SSSR count). The summed E-state index contributed by atoms with van der Waals surface area (Å²) in [6, 6.07) is 7.42. The van der Waals surface area contributed by atoms with Gasteiger partial charge in [0.15, 0.2) is 10.8 Å². The van der Waals surface area contributed by atoms with Gasteiger partial charge in [0, 0.05) is 16.3 Å². The summed E-state index contributed by atoms with van der Waals surface area (Å²) in [5.41, 5.74) is 1.69. The van der Waals surface area contributed by atoms with Gasteiger partial charge < -0.3 is 4.52 Å². The molecule has 0 bridgehead atoms. The first-order valence-electron chi connectivity index (χ1n) is 6.64. The van der Waals surface area contributed by atoms with Crippen molar-refractivity contribution in [1.29, 1.82) is 0 Å². The zero-order chi connectivity index (χ0) is 15.4. The maximum atomic E-state index is 5.94. The summed E-state index contributed by atoms with van der Waals surface area (Å²) in [4.78, 5) is 4.00. The van der Waals surface area contributed by atoms with E-state index in [1.165, 1.54) is 6.33 Å². The number of nitrogens with zero attached hydrogens (tertiary/aromatic N) is 4. The largest absolute Gasteiger partial charge is 0.353 e. The Hall–Kier alpha value is -1.44. The van der Waals surface area contributed by atoms with Crippen LogP contribution < -0.4 is 0 Å². The predicted octanol–water partition coefficient (Wildman–Crippen LogP) is 3.99. The molecule has 0 fully saturated rings. The fraction of sp³-hybridized carbons (Fsp3) is 0.214. The molecular weight excluding hydrogens is 340 g/mol. The van der Waals surface area contributed by atoms with Gasteiger partial charge in [-0.15, -0.1) is 11.8 Å². The van der Waals surface area contributed by atoms with Crippen LogP contribution in [0.4, 0.5) is 0 Å². The molecule has 22 heavy (non-hydrogen) atoms. The fourth-order valence-electron chi connectivity index (χ4n) is 1.92. The second kappa shape index (κ2) is 7.21. The molecule has 0 saturated carbocycles. The molecule has 0 saturated heterocycles. The van der Waals surface area contributed by atoms with Crippen LogP contribution in [-0.4, -0.2) is 31.4 Å². The zero-order valence-electron chi connectivity index (χ0n) is 11.5. The molecular formula is C14H13ClN4OS2. The van der Waals surface area contributed by atoms with Crippen molar-refractivity contribution in [1.82, 2.24) is 19.9 Å². The molecule has 0 aliphatic carbocycles. The van der Waals surface area contributed by atoms with Crippen molar-refractivity contribution < 1.29 is 4.52 Å². The number of benzene rings is 1. The lowest BCUT2D eigenvalue weighted by Gasteiger charge is -2.03. The minimum Gasteiger partial charge on any atom is -0.353 e. The molecule has 0 spiro atoms. The number of hydrogen-bond acceptors (Lipinski definition) is 6. The first-order chi connectivity index (χ1) is 10.8. The monoisotopic (exact) mass is 352 g/mol. The van der Waals surface area contributed by atoms with E-state index in [4.69, 9.17) is 16.1 Å². The quantitative estimate of drug-likeness (QED) is 0.413. The van der Waals surface area contributed by atoms with Gasteiger partial charge in [-0.1, -0.05) is 16.8 Å². The normalized spacial score (nSPS) is 11.0. The highest BCUT2D eigenvalue weighted by atomic mass is 35.5. The topological polar surface area (TPSA) is 56.7 Å². The number of hydrogen-bond donors (Lipinski definition) is 1. The summed E-state index contributed by atoms with van der Waals surface area (Å²) in [5, 5.41) is 9.85. The van der Waals surface area contributed by atoms with Gasteiger partial charge in [0.1, 0.15) is 18.3 Å². The van der Waals surface area contributed by atoms with Crippen molar-refractivity contribution >= 4 is 36.0 Å². The highest BCUT2D eigenvalue weighted by molar-refractivity contribution is 7.99. The Kier molecular flexibility index (Phi) is 5.07.